The van der Waals surface area contributed by atoms with Crippen molar-refractivity contribution < 1.29 is 51.3 Å². The van der Waals surface area contributed by atoms with Gasteiger partial charge in [0.1, 0.15) is 0 Å². The summed E-state index contributed by atoms with van der Waals surface area (Å²) in [6.45, 7) is 2.70. The number of benzene rings is 1. The average Bonchev–Trinajstić information content (AvgIpc) is 2.72. The zero-order valence-corrected chi connectivity index (χ0v) is 12.6. The molecule has 1 radical (unpaired) electrons. The number of hydrogen-bond acceptors (Lipinski definition) is 1. The number of ether oxygens (including phenoxy) is 1. The molecule has 1 aliphatic rings. The van der Waals surface area contributed by atoms with Crippen LogP contribution < -0.4 is 29.6 Å². The molecule has 0 aromatic heterocycles. The maximum atomic E-state index is 5.55. The van der Waals surface area contributed by atoms with Crippen molar-refractivity contribution in [2.45, 2.75) is 13.3 Å². The van der Waals surface area contributed by atoms with E-state index in [9.17, 15) is 0 Å². The Labute approximate surface area is 130 Å². The predicted octanol–water partition coefficient (Wildman–Crippen LogP) is -2.76. The van der Waals surface area contributed by atoms with Gasteiger partial charge in [-0.2, -0.15) is 17.7 Å². The molecule has 1 nitrogen and oxygen atoms in total. The van der Waals surface area contributed by atoms with Crippen molar-refractivity contribution in [3.05, 3.63) is 48.1 Å². The molecule has 0 atom stereocenters. The van der Waals surface area contributed by atoms with Crippen LogP contribution in [0.15, 0.2) is 36.4 Å². The number of para-hydroxylation sites is 1. The van der Waals surface area contributed by atoms with E-state index in [1.165, 1.54) is 0 Å². The van der Waals surface area contributed by atoms with Crippen molar-refractivity contribution >= 4 is 5.57 Å². The SMILES string of the molecule is CCOc1ccccc1C1=[C-]CC=C1.[Cl-].[Cl-].[Ti+3]. The van der Waals surface area contributed by atoms with E-state index in [4.69, 9.17) is 4.74 Å². The molecule has 0 saturated carbocycles. The first-order valence-electron chi connectivity index (χ1n) is 4.91. The third-order valence-corrected chi connectivity index (χ3v) is 2.17. The smallest absolute Gasteiger partial charge is 1.00 e. The van der Waals surface area contributed by atoms with Crippen LogP contribution in [0.5, 0.6) is 5.75 Å². The molecule has 89 valence electrons. The van der Waals surface area contributed by atoms with Crippen LogP contribution in [-0.4, -0.2) is 6.61 Å². The van der Waals surface area contributed by atoms with E-state index >= 15 is 0 Å². The molecule has 0 spiro atoms. The van der Waals surface area contributed by atoms with Crippen molar-refractivity contribution in [1.29, 1.82) is 0 Å². The number of hydrogen-bond donors (Lipinski definition) is 0. The van der Waals surface area contributed by atoms with Gasteiger partial charge in [0, 0.05) is 0 Å². The molecule has 0 amide bonds. The van der Waals surface area contributed by atoms with Crippen molar-refractivity contribution in [2.24, 2.45) is 0 Å². The summed E-state index contributed by atoms with van der Waals surface area (Å²) in [4.78, 5) is 0. The fourth-order valence-corrected chi connectivity index (χ4v) is 1.56. The van der Waals surface area contributed by atoms with Gasteiger partial charge in [-0.25, -0.2) is 0 Å². The topological polar surface area (TPSA) is 9.23 Å². The third kappa shape index (κ3) is 4.89. The van der Waals surface area contributed by atoms with Crippen LogP contribution in [0.1, 0.15) is 18.9 Å². The molecule has 0 aliphatic heterocycles. The largest absolute Gasteiger partial charge is 3.00 e. The van der Waals surface area contributed by atoms with Gasteiger partial charge in [-0.3, -0.25) is 0 Å². The van der Waals surface area contributed by atoms with Gasteiger partial charge in [0.15, 0.2) is 0 Å². The van der Waals surface area contributed by atoms with Crippen molar-refractivity contribution in [1.82, 2.24) is 0 Å². The first kappa shape index (κ1) is 19.1. The zero-order chi connectivity index (χ0) is 9.80. The van der Waals surface area contributed by atoms with Crippen molar-refractivity contribution in [2.75, 3.05) is 6.61 Å². The second-order valence-electron chi connectivity index (χ2n) is 3.13. The molecular formula is C13H13Cl2OTi. The molecule has 0 unspecified atom stereocenters. The molecule has 0 heterocycles. The monoisotopic (exact) mass is 303 g/mol. The predicted molar refractivity (Wildman–Crippen MR) is 58.0 cm³/mol. The van der Waals surface area contributed by atoms with Crippen LogP contribution in [0.2, 0.25) is 0 Å². The van der Waals surface area contributed by atoms with Gasteiger partial charge in [-0.15, -0.1) is 12.1 Å². The molecule has 1 aromatic carbocycles. The third-order valence-electron chi connectivity index (χ3n) is 2.17. The Balaban J connectivity index is 0. The molecule has 17 heavy (non-hydrogen) atoms. The summed E-state index contributed by atoms with van der Waals surface area (Å²) in [7, 11) is 0. The Morgan fingerprint density at radius 1 is 1.24 bits per heavy atom. The maximum absolute atomic E-state index is 5.55. The van der Waals surface area contributed by atoms with E-state index in [0.717, 1.165) is 23.3 Å². The minimum Gasteiger partial charge on any atom is -1.00 e. The Bertz CT molecular complexity index is 389. The van der Waals surface area contributed by atoms with Crippen LogP contribution in [0.3, 0.4) is 0 Å². The quantitative estimate of drug-likeness (QED) is 0.434. The number of halogens is 2. The zero-order valence-electron chi connectivity index (χ0n) is 9.54. The Hall–Kier alpha value is -0.206. The van der Waals surface area contributed by atoms with Crippen LogP contribution in [0.4, 0.5) is 0 Å². The second kappa shape index (κ2) is 9.79. The van der Waals surface area contributed by atoms with Gasteiger partial charge < -0.3 is 29.6 Å². The molecule has 0 fully saturated rings. The molecule has 2 rings (SSSR count). The van der Waals surface area contributed by atoms with E-state index in [-0.39, 0.29) is 46.5 Å². The molecule has 0 bridgehead atoms. The summed E-state index contributed by atoms with van der Waals surface area (Å²) >= 11 is 0. The Kier molecular flexibility index (Phi) is 11.0. The molecule has 0 N–H and O–H groups in total. The minimum atomic E-state index is 0. The normalized spacial score (nSPS) is 11.7. The Morgan fingerprint density at radius 2 is 1.94 bits per heavy atom. The fraction of sp³-hybridized carbons (Fsp3) is 0.231. The molecule has 0 saturated heterocycles. The molecule has 4 heteroatoms. The summed E-state index contributed by atoms with van der Waals surface area (Å²) in [5.74, 6) is 0.948. The summed E-state index contributed by atoms with van der Waals surface area (Å²) in [5, 5.41) is 0. The van der Waals surface area contributed by atoms with Crippen LogP contribution >= 0.6 is 0 Å². The summed E-state index contributed by atoms with van der Waals surface area (Å²) in [6.07, 6.45) is 8.41. The molecule has 1 aromatic rings. The first-order valence-corrected chi connectivity index (χ1v) is 4.91. The van der Waals surface area contributed by atoms with Crippen LogP contribution in [-0.2, 0) is 21.7 Å². The summed E-state index contributed by atoms with van der Waals surface area (Å²) in [6, 6.07) is 8.09. The van der Waals surface area contributed by atoms with E-state index in [0.29, 0.717) is 6.61 Å². The number of rotatable bonds is 3. The van der Waals surface area contributed by atoms with Gasteiger partial charge in [-0.05, 0) is 13.0 Å². The number of allylic oxidation sites excluding steroid dienone is 4. The van der Waals surface area contributed by atoms with Gasteiger partial charge in [0.05, 0.1) is 12.4 Å². The molecule has 1 aliphatic carbocycles. The summed E-state index contributed by atoms with van der Waals surface area (Å²) in [5.41, 5.74) is 2.29. The van der Waals surface area contributed by atoms with Gasteiger partial charge >= 0.3 is 21.7 Å². The minimum absolute atomic E-state index is 0. The van der Waals surface area contributed by atoms with Gasteiger partial charge in [0.2, 0.25) is 0 Å². The Morgan fingerprint density at radius 3 is 2.53 bits per heavy atom. The maximum Gasteiger partial charge on any atom is 3.00 e. The van der Waals surface area contributed by atoms with Crippen LogP contribution in [0, 0.1) is 6.08 Å². The second-order valence-corrected chi connectivity index (χ2v) is 3.13. The fourth-order valence-electron chi connectivity index (χ4n) is 1.56. The van der Waals surface area contributed by atoms with E-state index in [1.807, 2.05) is 25.1 Å². The summed E-state index contributed by atoms with van der Waals surface area (Å²) < 4.78 is 5.55. The first-order chi connectivity index (χ1) is 6.92. The van der Waals surface area contributed by atoms with E-state index < -0.39 is 0 Å². The average molecular weight is 304 g/mol. The van der Waals surface area contributed by atoms with Crippen molar-refractivity contribution in [3.63, 3.8) is 0 Å². The van der Waals surface area contributed by atoms with E-state index in [1.54, 1.807) is 0 Å². The molecular weight excluding hydrogens is 291 g/mol. The van der Waals surface area contributed by atoms with Gasteiger partial charge in [-0.1, -0.05) is 24.1 Å². The van der Waals surface area contributed by atoms with Crippen molar-refractivity contribution in [3.8, 4) is 5.75 Å². The van der Waals surface area contributed by atoms with Gasteiger partial charge in [0.25, 0.3) is 0 Å². The van der Waals surface area contributed by atoms with Crippen LogP contribution in [0.25, 0.3) is 5.57 Å². The standard InChI is InChI=1S/C13H13O.2ClH.Ti/c1-2-14-13-10-6-5-9-12(13)11-7-3-4-8-11;;;/h3,5-7,9-10H,2,4H2,1H3;2*1H;/q-1;;;+3/p-2. The van der Waals surface area contributed by atoms with E-state index in [2.05, 4.69) is 24.3 Å².